The first-order valence-electron chi connectivity index (χ1n) is 8.66. The molecule has 3 heteroatoms. The smallest absolute Gasteiger partial charge is 0.0120 e. The standard InChI is InChI=1S/C17H35N3/c1-15(18-4)17(2,3)14-19-12-8-16(9-13-19)20-10-6-5-7-11-20/h15-16,18H,5-14H2,1-4H3. The molecule has 2 saturated heterocycles. The van der Waals surface area contributed by atoms with Crippen molar-refractivity contribution in [2.75, 3.05) is 39.8 Å². The highest BCUT2D eigenvalue weighted by atomic mass is 15.2. The number of likely N-dealkylation sites (tertiary alicyclic amines) is 2. The Morgan fingerprint density at radius 2 is 1.65 bits per heavy atom. The van der Waals surface area contributed by atoms with Crippen LogP contribution in [-0.2, 0) is 0 Å². The van der Waals surface area contributed by atoms with E-state index >= 15 is 0 Å². The minimum absolute atomic E-state index is 0.354. The number of piperidine rings is 2. The molecule has 0 saturated carbocycles. The molecule has 2 rings (SSSR count). The molecule has 1 N–H and O–H groups in total. The molecule has 2 heterocycles. The highest BCUT2D eigenvalue weighted by Crippen LogP contribution is 2.26. The minimum atomic E-state index is 0.354. The van der Waals surface area contributed by atoms with Crippen molar-refractivity contribution in [2.24, 2.45) is 5.41 Å². The quantitative estimate of drug-likeness (QED) is 0.835. The lowest BCUT2D eigenvalue weighted by molar-refractivity contribution is 0.0669. The summed E-state index contributed by atoms with van der Waals surface area (Å²) in [7, 11) is 2.08. The molecule has 0 aromatic rings. The lowest BCUT2D eigenvalue weighted by Crippen LogP contribution is -2.51. The maximum atomic E-state index is 3.42. The lowest BCUT2D eigenvalue weighted by atomic mass is 9.84. The molecule has 0 radical (unpaired) electrons. The molecule has 0 spiro atoms. The molecule has 118 valence electrons. The van der Waals surface area contributed by atoms with Crippen LogP contribution in [0.15, 0.2) is 0 Å². The Morgan fingerprint density at radius 3 is 2.20 bits per heavy atom. The van der Waals surface area contributed by atoms with Crippen molar-refractivity contribution in [3.63, 3.8) is 0 Å². The zero-order chi connectivity index (χ0) is 14.6. The second-order valence-corrected chi connectivity index (χ2v) is 7.60. The van der Waals surface area contributed by atoms with Gasteiger partial charge in [0.2, 0.25) is 0 Å². The molecule has 1 atom stereocenters. The first kappa shape index (κ1) is 16.3. The van der Waals surface area contributed by atoms with Gasteiger partial charge in [-0.1, -0.05) is 20.3 Å². The highest BCUT2D eigenvalue weighted by Gasteiger charge is 2.31. The topological polar surface area (TPSA) is 18.5 Å². The summed E-state index contributed by atoms with van der Waals surface area (Å²) in [6.07, 6.45) is 7.05. The van der Waals surface area contributed by atoms with E-state index in [2.05, 4.69) is 42.9 Å². The van der Waals surface area contributed by atoms with Crippen molar-refractivity contribution in [1.82, 2.24) is 15.1 Å². The van der Waals surface area contributed by atoms with Crippen molar-refractivity contribution in [1.29, 1.82) is 0 Å². The van der Waals surface area contributed by atoms with Crippen molar-refractivity contribution >= 4 is 0 Å². The van der Waals surface area contributed by atoms with Gasteiger partial charge in [0.1, 0.15) is 0 Å². The van der Waals surface area contributed by atoms with Crippen LogP contribution in [0.3, 0.4) is 0 Å². The van der Waals surface area contributed by atoms with Crippen LogP contribution >= 0.6 is 0 Å². The zero-order valence-corrected chi connectivity index (χ0v) is 14.1. The van der Waals surface area contributed by atoms with Gasteiger partial charge in [0.25, 0.3) is 0 Å². The number of hydrogen-bond acceptors (Lipinski definition) is 3. The third kappa shape index (κ3) is 4.19. The van der Waals surface area contributed by atoms with Gasteiger partial charge in [-0.3, -0.25) is 0 Å². The number of nitrogens with zero attached hydrogens (tertiary/aromatic N) is 2. The molecule has 20 heavy (non-hydrogen) atoms. The van der Waals surface area contributed by atoms with Gasteiger partial charge in [-0.25, -0.2) is 0 Å². The molecular formula is C17H35N3. The monoisotopic (exact) mass is 281 g/mol. The van der Waals surface area contributed by atoms with E-state index < -0.39 is 0 Å². The fourth-order valence-corrected chi connectivity index (χ4v) is 3.83. The van der Waals surface area contributed by atoms with Crippen LogP contribution in [0.2, 0.25) is 0 Å². The van der Waals surface area contributed by atoms with Gasteiger partial charge >= 0.3 is 0 Å². The Hall–Kier alpha value is -0.120. The zero-order valence-electron chi connectivity index (χ0n) is 14.1. The first-order valence-corrected chi connectivity index (χ1v) is 8.66. The van der Waals surface area contributed by atoms with Crippen LogP contribution in [0.4, 0.5) is 0 Å². The summed E-state index contributed by atoms with van der Waals surface area (Å²) in [5.41, 5.74) is 0.354. The Bertz CT molecular complexity index is 276. The summed E-state index contributed by atoms with van der Waals surface area (Å²) in [5.74, 6) is 0. The van der Waals surface area contributed by atoms with Crippen LogP contribution < -0.4 is 5.32 Å². The van der Waals surface area contributed by atoms with Gasteiger partial charge in [-0.15, -0.1) is 0 Å². The second-order valence-electron chi connectivity index (χ2n) is 7.60. The third-order valence-electron chi connectivity index (χ3n) is 5.70. The van der Waals surface area contributed by atoms with E-state index in [1.165, 1.54) is 64.8 Å². The summed E-state index contributed by atoms with van der Waals surface area (Å²) in [6, 6.07) is 1.44. The molecule has 0 aromatic carbocycles. The molecule has 0 amide bonds. The van der Waals surface area contributed by atoms with Crippen molar-refractivity contribution in [3.05, 3.63) is 0 Å². The van der Waals surface area contributed by atoms with E-state index in [0.717, 1.165) is 6.04 Å². The normalized spacial score (nSPS) is 25.8. The first-order chi connectivity index (χ1) is 9.53. The van der Waals surface area contributed by atoms with E-state index in [1.54, 1.807) is 0 Å². The third-order valence-corrected chi connectivity index (χ3v) is 5.70. The maximum Gasteiger partial charge on any atom is 0.0120 e. The Labute approximate surface area is 126 Å². The summed E-state index contributed by atoms with van der Waals surface area (Å²) in [6.45, 7) is 13.6. The molecule has 0 aromatic heterocycles. The Kier molecular flexibility index (Phi) is 5.88. The van der Waals surface area contributed by atoms with Gasteiger partial charge in [0.15, 0.2) is 0 Å². The molecule has 3 nitrogen and oxygen atoms in total. The average molecular weight is 281 g/mol. The van der Waals surface area contributed by atoms with Crippen molar-refractivity contribution in [3.8, 4) is 0 Å². The van der Waals surface area contributed by atoms with Crippen LogP contribution in [0.25, 0.3) is 0 Å². The predicted molar refractivity (Wildman–Crippen MR) is 87.2 cm³/mol. The van der Waals surface area contributed by atoms with Gasteiger partial charge in [0.05, 0.1) is 0 Å². The molecule has 2 aliphatic heterocycles. The summed E-state index contributed by atoms with van der Waals surface area (Å²) in [5, 5.41) is 3.42. The predicted octanol–water partition coefficient (Wildman–Crippen LogP) is 2.57. The van der Waals surface area contributed by atoms with E-state index in [9.17, 15) is 0 Å². The lowest BCUT2D eigenvalue weighted by Gasteiger charge is -2.43. The average Bonchev–Trinajstić information content (AvgIpc) is 2.47. The van der Waals surface area contributed by atoms with E-state index in [1.807, 2.05) is 0 Å². The van der Waals surface area contributed by atoms with Crippen molar-refractivity contribution < 1.29 is 0 Å². The van der Waals surface area contributed by atoms with Crippen LogP contribution in [0.5, 0.6) is 0 Å². The van der Waals surface area contributed by atoms with E-state index in [-0.39, 0.29) is 0 Å². The minimum Gasteiger partial charge on any atom is -0.317 e. The summed E-state index contributed by atoms with van der Waals surface area (Å²) in [4.78, 5) is 5.45. The molecular weight excluding hydrogens is 246 g/mol. The SMILES string of the molecule is CNC(C)C(C)(C)CN1CCC(N2CCCCC2)CC1. The second kappa shape index (κ2) is 7.24. The maximum absolute atomic E-state index is 3.42. The number of rotatable bonds is 5. The Morgan fingerprint density at radius 1 is 1.05 bits per heavy atom. The Balaban J connectivity index is 1.76. The van der Waals surface area contributed by atoms with Crippen LogP contribution in [0.1, 0.15) is 52.9 Å². The largest absolute Gasteiger partial charge is 0.317 e. The number of nitrogens with one attached hydrogen (secondary N) is 1. The van der Waals surface area contributed by atoms with Crippen LogP contribution in [-0.4, -0.2) is 61.7 Å². The van der Waals surface area contributed by atoms with Gasteiger partial charge in [-0.05, 0) is 71.2 Å². The van der Waals surface area contributed by atoms with Crippen molar-refractivity contribution in [2.45, 2.75) is 65.0 Å². The van der Waals surface area contributed by atoms with E-state index in [4.69, 9.17) is 0 Å². The molecule has 2 fully saturated rings. The molecule has 2 aliphatic rings. The number of hydrogen-bond donors (Lipinski definition) is 1. The molecule has 1 unspecified atom stereocenters. The molecule has 0 bridgehead atoms. The molecule has 0 aliphatic carbocycles. The van der Waals surface area contributed by atoms with Gasteiger partial charge < -0.3 is 15.1 Å². The van der Waals surface area contributed by atoms with Crippen LogP contribution in [0, 0.1) is 5.41 Å². The van der Waals surface area contributed by atoms with Gasteiger partial charge in [0, 0.05) is 18.6 Å². The fraction of sp³-hybridized carbons (Fsp3) is 1.00. The summed E-state index contributed by atoms with van der Waals surface area (Å²) < 4.78 is 0. The fourth-order valence-electron chi connectivity index (χ4n) is 3.83. The van der Waals surface area contributed by atoms with E-state index in [0.29, 0.717) is 11.5 Å². The summed E-state index contributed by atoms with van der Waals surface area (Å²) >= 11 is 0. The highest BCUT2D eigenvalue weighted by molar-refractivity contribution is 4.87. The van der Waals surface area contributed by atoms with Gasteiger partial charge in [-0.2, -0.15) is 0 Å².